The number of anilines is 1. The average Bonchev–Trinajstić information content (AvgIpc) is 3.05. The van der Waals surface area contributed by atoms with E-state index >= 15 is 0 Å². The van der Waals surface area contributed by atoms with Crippen LogP contribution in [0.5, 0.6) is 0 Å². The van der Waals surface area contributed by atoms with Gasteiger partial charge in [0.15, 0.2) is 0 Å². The van der Waals surface area contributed by atoms with E-state index in [1.54, 1.807) is 18.2 Å². The van der Waals surface area contributed by atoms with Crippen LogP contribution < -0.4 is 5.32 Å². The Labute approximate surface area is 159 Å². The lowest BCUT2D eigenvalue weighted by Crippen LogP contribution is -2.14. The van der Waals surface area contributed by atoms with Crippen LogP contribution in [0.1, 0.15) is 11.4 Å². The van der Waals surface area contributed by atoms with Gasteiger partial charge in [0.25, 0.3) is 0 Å². The number of H-pyrrole nitrogens is 1. The molecule has 128 valence electrons. The van der Waals surface area contributed by atoms with E-state index in [0.717, 1.165) is 11.4 Å². The maximum Gasteiger partial charge on any atom is 0.234 e. The second-order valence-corrected chi connectivity index (χ2v) is 6.89. The van der Waals surface area contributed by atoms with Gasteiger partial charge in [-0.15, -0.1) is 5.10 Å². The molecular weight excluding hydrogens is 379 g/mol. The lowest BCUT2D eigenvalue weighted by atomic mass is 10.1. The number of carbonyl (C=O) groups excluding carboxylic acids is 1. The zero-order chi connectivity index (χ0) is 17.6. The molecule has 0 bridgehead atoms. The maximum atomic E-state index is 12.0. The molecule has 0 atom stereocenters. The Balaban J connectivity index is 1.53. The fourth-order valence-electron chi connectivity index (χ4n) is 2.13. The Hall–Kier alpha value is -2.02. The van der Waals surface area contributed by atoms with Gasteiger partial charge in [-0.2, -0.15) is 0 Å². The summed E-state index contributed by atoms with van der Waals surface area (Å²) in [6.45, 7) is 0. The summed E-state index contributed by atoms with van der Waals surface area (Å²) in [5.74, 6) is 0.724. The van der Waals surface area contributed by atoms with Crippen LogP contribution in [0.3, 0.4) is 0 Å². The molecule has 8 heteroatoms. The van der Waals surface area contributed by atoms with Crippen LogP contribution in [-0.4, -0.2) is 26.8 Å². The summed E-state index contributed by atoms with van der Waals surface area (Å²) in [5.41, 5.74) is 1.63. The first-order chi connectivity index (χ1) is 12.1. The molecule has 0 aliphatic carbocycles. The van der Waals surface area contributed by atoms with Gasteiger partial charge in [0.2, 0.25) is 11.1 Å². The quantitative estimate of drug-likeness (QED) is 0.608. The van der Waals surface area contributed by atoms with Crippen LogP contribution >= 0.6 is 35.0 Å². The van der Waals surface area contributed by atoms with E-state index in [1.165, 1.54) is 11.8 Å². The maximum absolute atomic E-state index is 12.0. The molecule has 1 amide bonds. The van der Waals surface area contributed by atoms with E-state index in [9.17, 15) is 4.79 Å². The van der Waals surface area contributed by atoms with Gasteiger partial charge in [-0.05, 0) is 17.7 Å². The van der Waals surface area contributed by atoms with E-state index in [-0.39, 0.29) is 11.7 Å². The first-order valence-electron chi connectivity index (χ1n) is 7.43. The number of rotatable bonds is 6. The first-order valence-corrected chi connectivity index (χ1v) is 9.18. The largest absolute Gasteiger partial charge is 0.324 e. The summed E-state index contributed by atoms with van der Waals surface area (Å²) < 4.78 is 0. The number of aromatic nitrogens is 3. The van der Waals surface area contributed by atoms with Gasteiger partial charge in [-0.1, -0.05) is 71.4 Å². The molecule has 1 heterocycles. The molecule has 0 radical (unpaired) electrons. The molecule has 0 aliphatic heterocycles. The minimum Gasteiger partial charge on any atom is -0.324 e. The number of nitrogens with one attached hydrogen (secondary N) is 2. The predicted octanol–water partition coefficient (Wildman–Crippen LogP) is 4.43. The number of hydrogen-bond donors (Lipinski definition) is 2. The van der Waals surface area contributed by atoms with Crippen LogP contribution in [0, 0.1) is 0 Å². The Bertz CT molecular complexity index is 870. The van der Waals surface area contributed by atoms with Crippen molar-refractivity contribution in [3.63, 3.8) is 0 Å². The highest BCUT2D eigenvalue weighted by Crippen LogP contribution is 2.29. The van der Waals surface area contributed by atoms with Gasteiger partial charge in [-0.3, -0.25) is 9.89 Å². The van der Waals surface area contributed by atoms with Crippen molar-refractivity contribution in [1.29, 1.82) is 0 Å². The number of halogens is 2. The van der Waals surface area contributed by atoms with Gasteiger partial charge in [0.1, 0.15) is 5.82 Å². The molecule has 0 saturated heterocycles. The number of aromatic amines is 1. The van der Waals surface area contributed by atoms with Gasteiger partial charge in [0, 0.05) is 6.42 Å². The van der Waals surface area contributed by atoms with Crippen LogP contribution in [-0.2, 0) is 11.2 Å². The molecule has 0 spiro atoms. The van der Waals surface area contributed by atoms with Crippen molar-refractivity contribution in [2.24, 2.45) is 0 Å². The van der Waals surface area contributed by atoms with E-state index in [1.807, 2.05) is 30.3 Å². The van der Waals surface area contributed by atoms with E-state index < -0.39 is 0 Å². The van der Waals surface area contributed by atoms with Crippen LogP contribution in [0.4, 0.5) is 5.69 Å². The van der Waals surface area contributed by atoms with E-state index in [2.05, 4.69) is 20.5 Å². The molecular formula is C17H14Cl2N4OS. The average molecular weight is 393 g/mol. The van der Waals surface area contributed by atoms with E-state index in [0.29, 0.717) is 27.3 Å². The van der Waals surface area contributed by atoms with Gasteiger partial charge in [-0.25, -0.2) is 4.98 Å². The highest BCUT2D eigenvalue weighted by molar-refractivity contribution is 7.99. The highest BCUT2D eigenvalue weighted by Gasteiger charge is 2.11. The fraction of sp³-hybridized carbons (Fsp3) is 0.118. The number of carbonyl (C=O) groups is 1. The van der Waals surface area contributed by atoms with Crippen molar-refractivity contribution in [1.82, 2.24) is 15.2 Å². The molecule has 1 aromatic heterocycles. The molecule has 3 rings (SSSR count). The predicted molar refractivity (Wildman–Crippen MR) is 101 cm³/mol. The third kappa shape index (κ3) is 4.98. The van der Waals surface area contributed by atoms with Crippen molar-refractivity contribution < 1.29 is 4.79 Å². The molecule has 0 fully saturated rings. The smallest absolute Gasteiger partial charge is 0.234 e. The molecule has 2 N–H and O–H groups in total. The summed E-state index contributed by atoms with van der Waals surface area (Å²) in [6.07, 6.45) is 0.665. The number of amides is 1. The normalized spacial score (nSPS) is 10.6. The molecule has 3 aromatic rings. The molecule has 0 aliphatic rings. The second kappa shape index (κ2) is 8.38. The summed E-state index contributed by atoms with van der Waals surface area (Å²) in [5, 5.41) is 11.0. The standard InChI is InChI=1S/C17H14Cl2N4OS/c18-12-7-4-8-13(16(12)19)20-15(24)10-25-17-21-14(22-23-17)9-11-5-2-1-3-6-11/h1-8H,9-10H2,(H,20,24)(H,21,22,23). The number of hydrogen-bond acceptors (Lipinski definition) is 4. The van der Waals surface area contributed by atoms with Crippen molar-refractivity contribution in [2.75, 3.05) is 11.1 Å². The highest BCUT2D eigenvalue weighted by atomic mass is 35.5. The number of benzene rings is 2. The molecule has 5 nitrogen and oxygen atoms in total. The Morgan fingerprint density at radius 1 is 1.12 bits per heavy atom. The van der Waals surface area contributed by atoms with Gasteiger partial charge < -0.3 is 5.32 Å². The van der Waals surface area contributed by atoms with Crippen LogP contribution in [0.25, 0.3) is 0 Å². The van der Waals surface area contributed by atoms with Gasteiger partial charge in [0.05, 0.1) is 21.5 Å². The molecule has 2 aromatic carbocycles. The van der Waals surface area contributed by atoms with Crippen molar-refractivity contribution in [2.45, 2.75) is 11.6 Å². The van der Waals surface area contributed by atoms with Crippen LogP contribution in [0.2, 0.25) is 10.0 Å². The summed E-state index contributed by atoms with van der Waals surface area (Å²) in [6, 6.07) is 15.1. The van der Waals surface area contributed by atoms with Crippen LogP contribution in [0.15, 0.2) is 53.7 Å². The Morgan fingerprint density at radius 2 is 1.92 bits per heavy atom. The van der Waals surface area contributed by atoms with Crippen molar-refractivity contribution >= 4 is 46.6 Å². The number of thioether (sulfide) groups is 1. The topological polar surface area (TPSA) is 70.7 Å². The second-order valence-electron chi connectivity index (χ2n) is 5.17. The number of nitrogens with zero attached hydrogens (tertiary/aromatic N) is 2. The SMILES string of the molecule is O=C(CSc1n[nH]c(Cc2ccccc2)n1)Nc1cccc(Cl)c1Cl. The van der Waals surface area contributed by atoms with Gasteiger partial charge >= 0.3 is 0 Å². The Kier molecular flexibility index (Phi) is 5.96. The summed E-state index contributed by atoms with van der Waals surface area (Å²) >= 11 is 13.2. The first kappa shape index (κ1) is 17.8. The fourth-order valence-corrected chi connectivity index (χ4v) is 3.09. The molecule has 0 saturated carbocycles. The van der Waals surface area contributed by atoms with Crippen molar-refractivity contribution in [3.05, 3.63) is 70.0 Å². The zero-order valence-corrected chi connectivity index (χ0v) is 15.3. The lowest BCUT2D eigenvalue weighted by Gasteiger charge is -2.07. The lowest BCUT2D eigenvalue weighted by molar-refractivity contribution is -0.113. The molecule has 0 unspecified atom stereocenters. The van der Waals surface area contributed by atoms with E-state index in [4.69, 9.17) is 23.2 Å². The zero-order valence-electron chi connectivity index (χ0n) is 13.0. The Morgan fingerprint density at radius 3 is 2.72 bits per heavy atom. The minimum atomic E-state index is -0.205. The summed E-state index contributed by atoms with van der Waals surface area (Å²) in [7, 11) is 0. The minimum absolute atomic E-state index is 0.172. The summed E-state index contributed by atoms with van der Waals surface area (Å²) in [4.78, 5) is 16.4. The van der Waals surface area contributed by atoms with Crippen molar-refractivity contribution in [3.8, 4) is 0 Å². The molecule has 25 heavy (non-hydrogen) atoms. The third-order valence-electron chi connectivity index (χ3n) is 3.28. The third-order valence-corrected chi connectivity index (χ3v) is 4.95. The monoisotopic (exact) mass is 392 g/mol.